The summed E-state index contributed by atoms with van der Waals surface area (Å²) in [6.45, 7) is 2.13. The van der Waals surface area contributed by atoms with E-state index in [0.717, 1.165) is 45.2 Å². The van der Waals surface area contributed by atoms with Gasteiger partial charge in [0.2, 0.25) is 5.91 Å². The molecule has 0 aromatic rings. The van der Waals surface area contributed by atoms with Crippen LogP contribution < -0.4 is 5.32 Å². The van der Waals surface area contributed by atoms with Gasteiger partial charge in [-0.15, -0.1) is 0 Å². The maximum Gasteiger partial charge on any atom is 0.221 e. The SMILES string of the molecule is CN(CCCCCO)CCC(=O)NC1CCCCC1. The van der Waals surface area contributed by atoms with Gasteiger partial charge < -0.3 is 15.3 Å². The third-order valence-electron chi connectivity index (χ3n) is 3.89. The van der Waals surface area contributed by atoms with Crippen molar-refractivity contribution in [2.75, 3.05) is 26.7 Å². The van der Waals surface area contributed by atoms with E-state index >= 15 is 0 Å². The highest BCUT2D eigenvalue weighted by Crippen LogP contribution is 2.17. The highest BCUT2D eigenvalue weighted by Gasteiger charge is 2.15. The first-order valence-corrected chi connectivity index (χ1v) is 7.81. The van der Waals surface area contributed by atoms with E-state index in [9.17, 15) is 4.79 Å². The molecule has 1 aliphatic carbocycles. The number of rotatable bonds is 9. The van der Waals surface area contributed by atoms with E-state index in [1.54, 1.807) is 0 Å². The normalized spacial score (nSPS) is 16.8. The third kappa shape index (κ3) is 8.22. The summed E-state index contributed by atoms with van der Waals surface area (Å²) in [4.78, 5) is 14.0. The van der Waals surface area contributed by atoms with Crippen LogP contribution >= 0.6 is 0 Å². The van der Waals surface area contributed by atoms with Crippen molar-refractivity contribution in [1.29, 1.82) is 0 Å². The maximum atomic E-state index is 11.8. The highest BCUT2D eigenvalue weighted by atomic mass is 16.2. The molecule has 0 aliphatic heterocycles. The quantitative estimate of drug-likeness (QED) is 0.629. The van der Waals surface area contributed by atoms with Crippen LogP contribution in [0.5, 0.6) is 0 Å². The Morgan fingerprint density at radius 3 is 2.58 bits per heavy atom. The number of nitrogens with zero attached hydrogens (tertiary/aromatic N) is 1. The van der Waals surface area contributed by atoms with Crippen molar-refractivity contribution >= 4 is 5.91 Å². The average Bonchev–Trinajstić information content (AvgIpc) is 2.42. The van der Waals surface area contributed by atoms with E-state index < -0.39 is 0 Å². The van der Waals surface area contributed by atoms with Gasteiger partial charge in [0.05, 0.1) is 0 Å². The Hall–Kier alpha value is -0.610. The zero-order chi connectivity index (χ0) is 13.9. The van der Waals surface area contributed by atoms with Gasteiger partial charge in [0.25, 0.3) is 0 Å². The Morgan fingerprint density at radius 1 is 1.16 bits per heavy atom. The first-order chi connectivity index (χ1) is 9.22. The molecule has 19 heavy (non-hydrogen) atoms. The van der Waals surface area contributed by atoms with E-state index in [1.165, 1.54) is 19.3 Å². The molecular weight excluding hydrogens is 240 g/mol. The standard InChI is InChI=1S/C15H30N2O2/c1-17(11-6-3-7-13-18)12-10-15(19)16-14-8-4-2-5-9-14/h14,18H,2-13H2,1H3,(H,16,19). The number of carbonyl (C=O) groups is 1. The zero-order valence-corrected chi connectivity index (χ0v) is 12.4. The van der Waals surface area contributed by atoms with E-state index in [0.29, 0.717) is 12.5 Å². The second-order valence-electron chi connectivity index (χ2n) is 5.74. The van der Waals surface area contributed by atoms with Gasteiger partial charge in [0.15, 0.2) is 0 Å². The molecule has 0 aromatic carbocycles. The average molecular weight is 270 g/mol. The summed E-state index contributed by atoms with van der Waals surface area (Å²) in [6, 6.07) is 0.427. The van der Waals surface area contributed by atoms with Crippen molar-refractivity contribution in [1.82, 2.24) is 10.2 Å². The van der Waals surface area contributed by atoms with Crippen LogP contribution in [-0.4, -0.2) is 48.7 Å². The lowest BCUT2D eigenvalue weighted by molar-refractivity contribution is -0.122. The lowest BCUT2D eigenvalue weighted by Crippen LogP contribution is -2.37. The molecule has 2 N–H and O–H groups in total. The van der Waals surface area contributed by atoms with Crippen molar-refractivity contribution in [2.45, 2.75) is 63.8 Å². The number of hydrogen-bond donors (Lipinski definition) is 2. The lowest BCUT2D eigenvalue weighted by atomic mass is 9.95. The molecular formula is C15H30N2O2. The highest BCUT2D eigenvalue weighted by molar-refractivity contribution is 5.76. The molecule has 0 radical (unpaired) electrons. The first kappa shape index (κ1) is 16.4. The Balaban J connectivity index is 2.01. The van der Waals surface area contributed by atoms with Gasteiger partial charge in [-0.3, -0.25) is 4.79 Å². The second-order valence-corrected chi connectivity index (χ2v) is 5.74. The monoisotopic (exact) mass is 270 g/mol. The Bertz CT molecular complexity index is 240. The summed E-state index contributed by atoms with van der Waals surface area (Å²) in [7, 11) is 2.06. The summed E-state index contributed by atoms with van der Waals surface area (Å²) >= 11 is 0. The summed E-state index contributed by atoms with van der Waals surface area (Å²) in [5.41, 5.74) is 0. The number of amides is 1. The van der Waals surface area contributed by atoms with Crippen molar-refractivity contribution in [2.24, 2.45) is 0 Å². The van der Waals surface area contributed by atoms with Gasteiger partial charge in [0.1, 0.15) is 0 Å². The predicted octanol–water partition coefficient (Wildman–Crippen LogP) is 1.92. The molecule has 0 bridgehead atoms. The van der Waals surface area contributed by atoms with Crippen molar-refractivity contribution in [3.63, 3.8) is 0 Å². The molecule has 0 saturated heterocycles. The molecule has 112 valence electrons. The molecule has 0 spiro atoms. The number of aliphatic hydroxyl groups is 1. The van der Waals surface area contributed by atoms with Gasteiger partial charge in [-0.25, -0.2) is 0 Å². The van der Waals surface area contributed by atoms with Crippen LogP contribution in [0.3, 0.4) is 0 Å². The van der Waals surface area contributed by atoms with E-state index in [1.807, 2.05) is 0 Å². The minimum atomic E-state index is 0.203. The number of carbonyl (C=O) groups excluding carboxylic acids is 1. The summed E-state index contributed by atoms with van der Waals surface area (Å²) < 4.78 is 0. The molecule has 1 amide bonds. The molecule has 1 saturated carbocycles. The smallest absolute Gasteiger partial charge is 0.221 e. The molecule has 1 rings (SSSR count). The summed E-state index contributed by atoms with van der Waals surface area (Å²) in [5, 5.41) is 11.8. The number of hydrogen-bond acceptors (Lipinski definition) is 3. The molecule has 1 fully saturated rings. The van der Waals surface area contributed by atoms with Gasteiger partial charge >= 0.3 is 0 Å². The first-order valence-electron chi connectivity index (χ1n) is 7.81. The van der Waals surface area contributed by atoms with Crippen molar-refractivity contribution in [3.05, 3.63) is 0 Å². The maximum absolute atomic E-state index is 11.8. The van der Waals surface area contributed by atoms with Gasteiger partial charge in [-0.05, 0) is 45.7 Å². The fourth-order valence-corrected chi connectivity index (χ4v) is 2.62. The van der Waals surface area contributed by atoms with Gasteiger partial charge in [0, 0.05) is 25.6 Å². The van der Waals surface area contributed by atoms with E-state index in [4.69, 9.17) is 5.11 Å². The molecule has 4 heteroatoms. The number of nitrogens with one attached hydrogen (secondary N) is 1. The van der Waals surface area contributed by atoms with E-state index in [2.05, 4.69) is 17.3 Å². The van der Waals surface area contributed by atoms with Crippen LogP contribution in [0.1, 0.15) is 57.8 Å². The van der Waals surface area contributed by atoms with Crippen LogP contribution in [0.2, 0.25) is 0 Å². The van der Waals surface area contributed by atoms with Crippen molar-refractivity contribution < 1.29 is 9.90 Å². The Labute approximate surface area is 117 Å². The minimum absolute atomic E-state index is 0.203. The topological polar surface area (TPSA) is 52.6 Å². The van der Waals surface area contributed by atoms with Crippen LogP contribution in [0.25, 0.3) is 0 Å². The van der Waals surface area contributed by atoms with E-state index in [-0.39, 0.29) is 12.5 Å². The molecule has 0 unspecified atom stereocenters. The minimum Gasteiger partial charge on any atom is -0.396 e. The third-order valence-corrected chi connectivity index (χ3v) is 3.89. The zero-order valence-electron chi connectivity index (χ0n) is 12.4. The number of aliphatic hydroxyl groups excluding tert-OH is 1. The molecule has 0 atom stereocenters. The lowest BCUT2D eigenvalue weighted by Gasteiger charge is -2.23. The molecule has 0 heterocycles. The van der Waals surface area contributed by atoms with Gasteiger partial charge in [-0.2, -0.15) is 0 Å². The summed E-state index contributed by atoms with van der Waals surface area (Å²) in [5.74, 6) is 0.203. The number of unbranched alkanes of at least 4 members (excludes halogenated alkanes) is 2. The summed E-state index contributed by atoms with van der Waals surface area (Å²) in [6.07, 6.45) is 9.80. The van der Waals surface area contributed by atoms with Crippen LogP contribution in [0, 0.1) is 0 Å². The Kier molecular flexibility index (Phi) is 8.84. The fourth-order valence-electron chi connectivity index (χ4n) is 2.62. The van der Waals surface area contributed by atoms with Crippen LogP contribution in [-0.2, 0) is 4.79 Å². The predicted molar refractivity (Wildman–Crippen MR) is 78.1 cm³/mol. The van der Waals surface area contributed by atoms with Crippen LogP contribution in [0.4, 0.5) is 0 Å². The van der Waals surface area contributed by atoms with Gasteiger partial charge in [-0.1, -0.05) is 19.3 Å². The molecule has 4 nitrogen and oxygen atoms in total. The van der Waals surface area contributed by atoms with Crippen molar-refractivity contribution in [3.8, 4) is 0 Å². The largest absolute Gasteiger partial charge is 0.396 e. The van der Waals surface area contributed by atoms with Crippen LogP contribution in [0.15, 0.2) is 0 Å². The molecule has 0 aromatic heterocycles. The Morgan fingerprint density at radius 2 is 1.89 bits per heavy atom. The fraction of sp³-hybridized carbons (Fsp3) is 0.933. The molecule has 1 aliphatic rings. The second kappa shape index (κ2) is 10.2.